The van der Waals surface area contributed by atoms with E-state index in [0.717, 1.165) is 0 Å². The van der Waals surface area contributed by atoms with Gasteiger partial charge >= 0.3 is 5.97 Å². The fourth-order valence-electron chi connectivity index (χ4n) is 1.84. The summed E-state index contributed by atoms with van der Waals surface area (Å²) >= 11 is 23.5. The normalized spacial score (nSPS) is 11.7. The van der Waals surface area contributed by atoms with E-state index in [4.69, 9.17) is 51.1 Å². The number of aromatic nitrogens is 1. The molecule has 25 heavy (non-hydrogen) atoms. The van der Waals surface area contributed by atoms with Gasteiger partial charge in [-0.3, -0.25) is 9.59 Å². The largest absolute Gasteiger partial charge is 0.452 e. The molecule has 9 heteroatoms. The molecular formula is C16H12Cl4N2O3. The summed E-state index contributed by atoms with van der Waals surface area (Å²) in [4.78, 5) is 28.0. The molecule has 0 fully saturated rings. The number of amides is 1. The second-order valence-corrected chi connectivity index (χ2v) is 6.71. The molecular weight excluding hydrogens is 410 g/mol. The van der Waals surface area contributed by atoms with Crippen molar-refractivity contribution in [3.63, 3.8) is 0 Å². The molecule has 0 aliphatic carbocycles. The Morgan fingerprint density at radius 2 is 1.80 bits per heavy atom. The molecule has 0 bridgehead atoms. The monoisotopic (exact) mass is 420 g/mol. The summed E-state index contributed by atoms with van der Waals surface area (Å²) in [5.41, 5.74) is 0.547. The van der Waals surface area contributed by atoms with E-state index in [0.29, 0.717) is 20.6 Å². The van der Waals surface area contributed by atoms with Crippen LogP contribution in [-0.4, -0.2) is 23.0 Å². The number of hydrogen-bond donors (Lipinski definition) is 1. The number of ether oxygens (including phenoxy) is 1. The first kappa shape index (κ1) is 19.8. The van der Waals surface area contributed by atoms with E-state index in [1.165, 1.54) is 25.3 Å². The van der Waals surface area contributed by atoms with Gasteiger partial charge < -0.3 is 10.1 Å². The molecule has 1 aromatic carbocycles. The third-order valence-electron chi connectivity index (χ3n) is 3.08. The minimum absolute atomic E-state index is 0.0897. The minimum Gasteiger partial charge on any atom is -0.452 e. The fourth-order valence-corrected chi connectivity index (χ4v) is 2.74. The van der Waals surface area contributed by atoms with Crippen LogP contribution in [0.15, 0.2) is 30.5 Å². The predicted molar refractivity (Wildman–Crippen MR) is 98.6 cm³/mol. The first-order chi connectivity index (χ1) is 11.8. The Kier molecular flexibility index (Phi) is 6.90. The number of carbonyl (C=O) groups is 2. The number of halogens is 4. The van der Waals surface area contributed by atoms with Crippen LogP contribution >= 0.6 is 46.4 Å². The van der Waals surface area contributed by atoms with E-state index < -0.39 is 18.0 Å². The summed E-state index contributed by atoms with van der Waals surface area (Å²) in [6, 6.07) is 6.19. The van der Waals surface area contributed by atoms with Gasteiger partial charge in [-0.15, -0.1) is 0 Å². The van der Waals surface area contributed by atoms with E-state index in [1.807, 2.05) is 0 Å². The molecule has 2 rings (SSSR count). The maximum absolute atomic E-state index is 12.1. The molecule has 132 valence electrons. The van der Waals surface area contributed by atoms with Crippen molar-refractivity contribution in [1.29, 1.82) is 0 Å². The van der Waals surface area contributed by atoms with Crippen LogP contribution in [0.25, 0.3) is 0 Å². The molecule has 1 heterocycles. The van der Waals surface area contributed by atoms with Crippen molar-refractivity contribution in [2.45, 2.75) is 19.4 Å². The molecule has 1 amide bonds. The third kappa shape index (κ3) is 5.75. The highest BCUT2D eigenvalue weighted by Crippen LogP contribution is 2.23. The summed E-state index contributed by atoms with van der Waals surface area (Å²) in [5, 5.41) is 3.78. The van der Waals surface area contributed by atoms with E-state index in [1.54, 1.807) is 12.1 Å². The number of benzene rings is 1. The zero-order chi connectivity index (χ0) is 18.6. The molecule has 0 saturated heterocycles. The van der Waals surface area contributed by atoms with Crippen LogP contribution in [0.1, 0.15) is 12.5 Å². The van der Waals surface area contributed by atoms with Crippen molar-refractivity contribution in [2.24, 2.45) is 0 Å². The molecule has 0 aliphatic heterocycles. The molecule has 0 aliphatic rings. The molecule has 2 aromatic rings. The van der Waals surface area contributed by atoms with Crippen LogP contribution in [-0.2, 0) is 20.7 Å². The maximum Gasteiger partial charge on any atom is 0.311 e. The summed E-state index contributed by atoms with van der Waals surface area (Å²) in [6.07, 6.45) is 0.197. The smallest absolute Gasteiger partial charge is 0.311 e. The van der Waals surface area contributed by atoms with Crippen LogP contribution in [0.5, 0.6) is 0 Å². The first-order valence-electron chi connectivity index (χ1n) is 7.01. The van der Waals surface area contributed by atoms with Gasteiger partial charge in [0, 0.05) is 16.2 Å². The Morgan fingerprint density at radius 3 is 2.44 bits per heavy atom. The van der Waals surface area contributed by atoms with Crippen LogP contribution < -0.4 is 5.32 Å². The molecule has 0 radical (unpaired) electrons. The molecule has 1 aromatic heterocycles. The number of rotatable bonds is 5. The SMILES string of the molecule is CC(OC(=O)Cc1ccc(Cl)cc1Cl)C(=O)Nc1ncc(Cl)cc1Cl. The predicted octanol–water partition coefficient (Wildman–Crippen LogP) is 4.81. The van der Waals surface area contributed by atoms with Crippen LogP contribution in [0.3, 0.4) is 0 Å². The number of nitrogens with one attached hydrogen (secondary N) is 1. The average molecular weight is 422 g/mol. The summed E-state index contributed by atoms with van der Waals surface area (Å²) < 4.78 is 5.10. The fraction of sp³-hybridized carbons (Fsp3) is 0.188. The number of anilines is 1. The van der Waals surface area contributed by atoms with Gasteiger partial charge in [0.25, 0.3) is 5.91 Å². The van der Waals surface area contributed by atoms with E-state index in [2.05, 4.69) is 10.3 Å². The maximum atomic E-state index is 12.1. The third-order valence-corrected chi connectivity index (χ3v) is 4.16. The molecule has 1 unspecified atom stereocenters. The Bertz CT molecular complexity index is 814. The van der Waals surface area contributed by atoms with Gasteiger partial charge in [0.05, 0.1) is 16.5 Å². The Balaban J connectivity index is 1.94. The standard InChI is InChI=1S/C16H12Cl4N2O3/c1-8(16(24)22-15-13(20)6-11(18)7-21-15)25-14(23)4-9-2-3-10(17)5-12(9)19/h2-3,5-8H,4H2,1H3,(H,21,22,24). The second-order valence-electron chi connectivity index (χ2n) is 5.02. The molecule has 1 N–H and O–H groups in total. The quantitative estimate of drug-likeness (QED) is 0.703. The molecule has 5 nitrogen and oxygen atoms in total. The van der Waals surface area contributed by atoms with E-state index in [-0.39, 0.29) is 17.3 Å². The lowest BCUT2D eigenvalue weighted by Gasteiger charge is -2.14. The van der Waals surface area contributed by atoms with Crippen molar-refractivity contribution in [2.75, 3.05) is 5.32 Å². The van der Waals surface area contributed by atoms with Crippen molar-refractivity contribution in [3.8, 4) is 0 Å². The van der Waals surface area contributed by atoms with Gasteiger partial charge in [0.2, 0.25) is 0 Å². The Morgan fingerprint density at radius 1 is 1.12 bits per heavy atom. The van der Waals surface area contributed by atoms with E-state index in [9.17, 15) is 9.59 Å². The lowest BCUT2D eigenvalue weighted by molar-refractivity contribution is -0.152. The topological polar surface area (TPSA) is 68.3 Å². The summed E-state index contributed by atoms with van der Waals surface area (Å²) in [6.45, 7) is 1.43. The molecule has 0 saturated carbocycles. The van der Waals surface area contributed by atoms with Gasteiger partial charge in [0.15, 0.2) is 11.9 Å². The van der Waals surface area contributed by atoms with Crippen molar-refractivity contribution >= 4 is 64.1 Å². The van der Waals surface area contributed by atoms with Gasteiger partial charge in [-0.2, -0.15) is 0 Å². The highest BCUT2D eigenvalue weighted by atomic mass is 35.5. The van der Waals surface area contributed by atoms with Gasteiger partial charge in [-0.1, -0.05) is 52.5 Å². The number of esters is 1. The lowest BCUT2D eigenvalue weighted by atomic mass is 10.1. The first-order valence-corrected chi connectivity index (χ1v) is 8.52. The molecule has 0 spiro atoms. The van der Waals surface area contributed by atoms with Gasteiger partial charge in [0.1, 0.15) is 0 Å². The number of pyridine rings is 1. The number of nitrogens with zero attached hydrogens (tertiary/aromatic N) is 1. The summed E-state index contributed by atoms with van der Waals surface area (Å²) in [7, 11) is 0. The highest BCUT2D eigenvalue weighted by Gasteiger charge is 2.20. The van der Waals surface area contributed by atoms with Gasteiger partial charge in [-0.05, 0) is 30.7 Å². The molecule has 1 atom stereocenters. The van der Waals surface area contributed by atoms with Crippen LogP contribution in [0.4, 0.5) is 5.82 Å². The minimum atomic E-state index is -1.05. The Hall–Kier alpha value is -1.53. The van der Waals surface area contributed by atoms with Crippen molar-refractivity contribution in [1.82, 2.24) is 4.98 Å². The van der Waals surface area contributed by atoms with E-state index >= 15 is 0 Å². The van der Waals surface area contributed by atoms with Crippen LogP contribution in [0, 0.1) is 0 Å². The van der Waals surface area contributed by atoms with Crippen LogP contribution in [0.2, 0.25) is 20.1 Å². The van der Waals surface area contributed by atoms with Gasteiger partial charge in [-0.25, -0.2) is 4.98 Å². The highest BCUT2D eigenvalue weighted by molar-refractivity contribution is 6.36. The lowest BCUT2D eigenvalue weighted by Crippen LogP contribution is -2.30. The average Bonchev–Trinajstić information content (AvgIpc) is 2.52. The second kappa shape index (κ2) is 8.72. The number of carbonyl (C=O) groups excluding carboxylic acids is 2. The summed E-state index contributed by atoms with van der Waals surface area (Å²) in [5.74, 6) is -1.06. The van der Waals surface area contributed by atoms with Crippen molar-refractivity contribution < 1.29 is 14.3 Å². The zero-order valence-electron chi connectivity index (χ0n) is 12.9. The Labute approximate surface area is 164 Å². The number of hydrogen-bond acceptors (Lipinski definition) is 4. The van der Waals surface area contributed by atoms with Crippen molar-refractivity contribution in [3.05, 3.63) is 56.1 Å². The zero-order valence-corrected chi connectivity index (χ0v) is 15.9.